The molecule has 0 aromatic heterocycles. The van der Waals surface area contributed by atoms with Gasteiger partial charge in [0.05, 0.1) is 17.8 Å². The third kappa shape index (κ3) is 3.61. The molecule has 5 rings (SSSR count). The van der Waals surface area contributed by atoms with Crippen LogP contribution in [0.5, 0.6) is 0 Å². The van der Waals surface area contributed by atoms with Crippen LogP contribution in [0.15, 0.2) is 42.5 Å². The van der Waals surface area contributed by atoms with Crippen molar-refractivity contribution in [3.63, 3.8) is 0 Å². The number of rotatable bonds is 2. The minimum Gasteiger partial charge on any atom is -0.370 e. The molecule has 0 aliphatic carbocycles. The van der Waals surface area contributed by atoms with Gasteiger partial charge in [-0.2, -0.15) is 0 Å². The summed E-state index contributed by atoms with van der Waals surface area (Å²) in [6, 6.07) is 12.0. The van der Waals surface area contributed by atoms with Crippen LogP contribution in [0.25, 0.3) is 0 Å². The summed E-state index contributed by atoms with van der Waals surface area (Å²) in [5.74, 6) is -0.322. The lowest BCUT2D eigenvalue weighted by Gasteiger charge is -2.41. The molecule has 0 saturated carbocycles. The molecule has 0 bridgehead atoms. The number of anilines is 1. The number of amides is 1. The molecule has 152 valence electrons. The summed E-state index contributed by atoms with van der Waals surface area (Å²) in [4.78, 5) is 15.0. The molecule has 1 amide bonds. The first-order chi connectivity index (χ1) is 13.9. The molecule has 5 nitrogen and oxygen atoms in total. The fraction of sp³-hybridized carbons (Fsp3) is 0.409. The summed E-state index contributed by atoms with van der Waals surface area (Å²) in [5, 5.41) is 7.16. The zero-order valence-corrected chi connectivity index (χ0v) is 16.8. The van der Waals surface area contributed by atoms with Crippen molar-refractivity contribution in [2.24, 2.45) is 0 Å². The highest BCUT2D eigenvalue weighted by Crippen LogP contribution is 2.43. The van der Waals surface area contributed by atoms with Crippen LogP contribution in [0.2, 0.25) is 5.02 Å². The third-order valence-corrected chi connectivity index (χ3v) is 6.52. The Morgan fingerprint density at radius 3 is 2.62 bits per heavy atom. The van der Waals surface area contributed by atoms with Crippen molar-refractivity contribution in [3.05, 3.63) is 64.4 Å². The highest BCUT2D eigenvalue weighted by atomic mass is 35.5. The quantitative estimate of drug-likeness (QED) is 0.783. The number of hydrogen-bond donors (Lipinski definition) is 2. The van der Waals surface area contributed by atoms with Crippen LogP contribution >= 0.6 is 11.6 Å². The lowest BCUT2D eigenvalue weighted by Crippen LogP contribution is -2.59. The van der Waals surface area contributed by atoms with E-state index in [4.69, 9.17) is 16.3 Å². The highest BCUT2D eigenvalue weighted by molar-refractivity contribution is 6.31. The topological polar surface area (TPSA) is 53.6 Å². The van der Waals surface area contributed by atoms with Crippen LogP contribution in [-0.4, -0.2) is 41.8 Å². The van der Waals surface area contributed by atoms with Gasteiger partial charge in [-0.1, -0.05) is 23.7 Å². The van der Waals surface area contributed by atoms with Crippen LogP contribution in [0.1, 0.15) is 35.2 Å². The Labute approximate surface area is 174 Å². The van der Waals surface area contributed by atoms with Crippen molar-refractivity contribution in [2.45, 2.75) is 37.1 Å². The number of carbonyl (C=O) groups is 1. The fourth-order valence-electron chi connectivity index (χ4n) is 4.76. The van der Waals surface area contributed by atoms with E-state index >= 15 is 0 Å². The number of nitrogens with one attached hydrogen (secondary N) is 2. The molecule has 3 heterocycles. The SMILES string of the molecule is O=C1NC2(COC3(CCN(Cc4ccc(F)cc4)CC3)C2)Nc2ccc(Cl)cc21. The minimum atomic E-state index is -0.572. The predicted molar refractivity (Wildman–Crippen MR) is 109 cm³/mol. The van der Waals surface area contributed by atoms with Crippen molar-refractivity contribution in [2.75, 3.05) is 25.0 Å². The van der Waals surface area contributed by atoms with Gasteiger partial charge < -0.3 is 15.4 Å². The number of halogens is 2. The average Bonchev–Trinajstić information content (AvgIpc) is 3.04. The number of carbonyl (C=O) groups excluding carboxylic acids is 1. The van der Waals surface area contributed by atoms with E-state index in [-0.39, 0.29) is 17.3 Å². The number of nitrogens with zero attached hydrogens (tertiary/aromatic N) is 1. The Kier molecular flexibility index (Phi) is 4.53. The molecule has 2 aromatic carbocycles. The van der Waals surface area contributed by atoms with Gasteiger partial charge in [-0.3, -0.25) is 9.69 Å². The summed E-state index contributed by atoms with van der Waals surface area (Å²) in [7, 11) is 0. The lowest BCUT2D eigenvalue weighted by molar-refractivity contribution is -0.0452. The van der Waals surface area contributed by atoms with E-state index in [1.807, 2.05) is 18.2 Å². The lowest BCUT2D eigenvalue weighted by atomic mass is 9.84. The second-order valence-corrected chi connectivity index (χ2v) is 8.84. The van der Waals surface area contributed by atoms with E-state index in [0.717, 1.165) is 50.1 Å². The molecule has 3 aliphatic rings. The standard InChI is InChI=1S/C22H23ClFN3O2/c23-16-3-6-19-18(11-16)20(28)26-22(25-19)13-21(29-14-22)7-9-27(10-8-21)12-15-1-4-17(24)5-2-15/h1-6,11,25H,7-10,12-14H2,(H,26,28). The van der Waals surface area contributed by atoms with Gasteiger partial charge in [0.1, 0.15) is 11.5 Å². The molecule has 2 N–H and O–H groups in total. The predicted octanol–water partition coefficient (Wildman–Crippen LogP) is 3.79. The van der Waals surface area contributed by atoms with Crippen molar-refractivity contribution in [3.8, 4) is 0 Å². The molecule has 0 radical (unpaired) electrons. The maximum absolute atomic E-state index is 13.1. The van der Waals surface area contributed by atoms with Gasteiger partial charge in [0, 0.05) is 36.8 Å². The average molecular weight is 416 g/mol. The zero-order valence-electron chi connectivity index (χ0n) is 16.0. The molecule has 2 fully saturated rings. The van der Waals surface area contributed by atoms with Crippen molar-refractivity contribution >= 4 is 23.2 Å². The summed E-state index contributed by atoms with van der Waals surface area (Å²) < 4.78 is 19.4. The molecular weight excluding hydrogens is 393 g/mol. The van der Waals surface area contributed by atoms with Crippen LogP contribution in [0, 0.1) is 5.82 Å². The molecule has 1 atom stereocenters. The van der Waals surface area contributed by atoms with Gasteiger partial charge in [-0.25, -0.2) is 4.39 Å². The Balaban J connectivity index is 1.25. The van der Waals surface area contributed by atoms with E-state index < -0.39 is 5.66 Å². The number of ether oxygens (including phenoxy) is 1. The van der Waals surface area contributed by atoms with Crippen molar-refractivity contribution < 1.29 is 13.9 Å². The molecule has 7 heteroatoms. The van der Waals surface area contributed by atoms with Gasteiger partial charge in [0.15, 0.2) is 0 Å². The summed E-state index contributed by atoms with van der Waals surface area (Å²) in [6.45, 7) is 3.07. The first kappa shape index (κ1) is 18.9. The monoisotopic (exact) mass is 415 g/mol. The van der Waals surface area contributed by atoms with Crippen LogP contribution in [0.4, 0.5) is 10.1 Å². The molecule has 1 unspecified atom stereocenters. The number of piperidine rings is 1. The van der Waals surface area contributed by atoms with Gasteiger partial charge in [-0.15, -0.1) is 0 Å². The fourth-order valence-corrected chi connectivity index (χ4v) is 4.94. The maximum Gasteiger partial charge on any atom is 0.255 e. The number of benzene rings is 2. The smallest absolute Gasteiger partial charge is 0.255 e. The minimum absolute atomic E-state index is 0.115. The van der Waals surface area contributed by atoms with E-state index in [2.05, 4.69) is 15.5 Å². The van der Waals surface area contributed by atoms with Crippen LogP contribution in [-0.2, 0) is 11.3 Å². The first-order valence-corrected chi connectivity index (χ1v) is 10.3. The largest absolute Gasteiger partial charge is 0.370 e. The van der Waals surface area contributed by atoms with E-state index in [0.29, 0.717) is 17.2 Å². The highest BCUT2D eigenvalue weighted by Gasteiger charge is 2.53. The molecule has 2 spiro atoms. The maximum atomic E-state index is 13.1. The van der Waals surface area contributed by atoms with E-state index in [1.165, 1.54) is 12.1 Å². The van der Waals surface area contributed by atoms with E-state index in [1.54, 1.807) is 12.1 Å². The Morgan fingerprint density at radius 2 is 1.86 bits per heavy atom. The first-order valence-electron chi connectivity index (χ1n) is 9.95. The Morgan fingerprint density at radius 1 is 1.10 bits per heavy atom. The third-order valence-electron chi connectivity index (χ3n) is 6.29. The van der Waals surface area contributed by atoms with Gasteiger partial charge in [0.25, 0.3) is 5.91 Å². The van der Waals surface area contributed by atoms with Crippen molar-refractivity contribution in [1.29, 1.82) is 0 Å². The van der Waals surface area contributed by atoms with Crippen LogP contribution in [0.3, 0.4) is 0 Å². The number of hydrogen-bond acceptors (Lipinski definition) is 4. The summed E-state index contributed by atoms with van der Waals surface area (Å²) in [5.41, 5.74) is 1.67. The number of fused-ring (bicyclic) bond motifs is 1. The van der Waals surface area contributed by atoms with Crippen molar-refractivity contribution in [1.82, 2.24) is 10.2 Å². The van der Waals surface area contributed by atoms with E-state index in [9.17, 15) is 9.18 Å². The van der Waals surface area contributed by atoms with Gasteiger partial charge in [0.2, 0.25) is 0 Å². The van der Waals surface area contributed by atoms with Crippen LogP contribution < -0.4 is 10.6 Å². The molecular formula is C22H23ClFN3O2. The molecule has 29 heavy (non-hydrogen) atoms. The molecule has 3 aliphatic heterocycles. The number of likely N-dealkylation sites (tertiary alicyclic amines) is 1. The summed E-state index contributed by atoms with van der Waals surface area (Å²) >= 11 is 6.03. The second-order valence-electron chi connectivity index (χ2n) is 8.40. The zero-order chi connectivity index (χ0) is 20.1. The normalized spacial score (nSPS) is 25.7. The molecule has 2 aromatic rings. The van der Waals surface area contributed by atoms with Gasteiger partial charge >= 0.3 is 0 Å². The Bertz CT molecular complexity index is 944. The van der Waals surface area contributed by atoms with Gasteiger partial charge in [-0.05, 0) is 48.7 Å². The second kappa shape index (κ2) is 6.97. The molecule has 2 saturated heterocycles. The Hall–Kier alpha value is -2.15. The summed E-state index contributed by atoms with van der Waals surface area (Å²) in [6.07, 6.45) is 2.54.